The van der Waals surface area contributed by atoms with Crippen LogP contribution in [-0.2, 0) is 25.7 Å². The van der Waals surface area contributed by atoms with E-state index in [1.165, 1.54) is 18.4 Å². The maximum atomic E-state index is 13.1. The number of aromatic amines is 1. The molecule has 0 aliphatic rings. The second-order valence-corrected chi connectivity index (χ2v) is 9.75. The SMILES string of the molecule is CC(NC(=O)c1coc(CN(CCc2c[nH]c3ccccc23)Cc2ccc(C(F)(F)F)cc2)n1)c1ccccc1. The van der Waals surface area contributed by atoms with E-state index in [2.05, 4.69) is 21.4 Å². The van der Waals surface area contributed by atoms with Crippen LogP contribution in [-0.4, -0.2) is 27.3 Å². The third kappa shape index (κ3) is 6.60. The molecule has 5 aromatic rings. The lowest BCUT2D eigenvalue weighted by Crippen LogP contribution is -2.27. The molecule has 0 fully saturated rings. The van der Waals surface area contributed by atoms with Crippen molar-refractivity contribution in [1.29, 1.82) is 0 Å². The average Bonchev–Trinajstić information content (AvgIpc) is 3.59. The van der Waals surface area contributed by atoms with Crippen LogP contribution >= 0.6 is 0 Å². The number of rotatable bonds is 10. The smallest absolute Gasteiger partial charge is 0.416 e. The number of H-pyrrole nitrogens is 1. The van der Waals surface area contributed by atoms with E-state index in [-0.39, 0.29) is 24.2 Å². The molecule has 6 nitrogen and oxygen atoms in total. The monoisotopic (exact) mass is 546 g/mol. The van der Waals surface area contributed by atoms with E-state index >= 15 is 0 Å². The van der Waals surface area contributed by atoms with Crippen molar-refractivity contribution in [2.24, 2.45) is 0 Å². The van der Waals surface area contributed by atoms with E-state index in [0.29, 0.717) is 25.4 Å². The third-order valence-corrected chi connectivity index (χ3v) is 6.85. The van der Waals surface area contributed by atoms with Gasteiger partial charge in [0.1, 0.15) is 6.26 Å². The number of para-hydroxylation sites is 1. The quantitative estimate of drug-likeness (QED) is 0.200. The largest absolute Gasteiger partial charge is 0.447 e. The predicted octanol–water partition coefficient (Wildman–Crippen LogP) is 6.91. The zero-order chi connectivity index (χ0) is 28.1. The van der Waals surface area contributed by atoms with E-state index in [9.17, 15) is 18.0 Å². The first kappa shape index (κ1) is 27.2. The molecule has 0 saturated heterocycles. The Labute approximate surface area is 229 Å². The summed E-state index contributed by atoms with van der Waals surface area (Å²) in [5, 5.41) is 4.05. The zero-order valence-corrected chi connectivity index (χ0v) is 21.9. The summed E-state index contributed by atoms with van der Waals surface area (Å²) in [6.45, 7) is 3.16. The van der Waals surface area contributed by atoms with E-state index in [1.54, 1.807) is 0 Å². The number of carbonyl (C=O) groups excluding carboxylic acids is 1. The van der Waals surface area contributed by atoms with E-state index < -0.39 is 11.7 Å². The number of halogens is 3. The number of hydrogen-bond donors (Lipinski definition) is 2. The summed E-state index contributed by atoms with van der Waals surface area (Å²) >= 11 is 0. The minimum absolute atomic E-state index is 0.170. The summed E-state index contributed by atoms with van der Waals surface area (Å²) < 4.78 is 44.8. The van der Waals surface area contributed by atoms with Crippen molar-refractivity contribution < 1.29 is 22.4 Å². The number of nitrogens with one attached hydrogen (secondary N) is 2. The summed E-state index contributed by atoms with van der Waals surface area (Å²) in [6.07, 6.45) is -0.380. The number of benzene rings is 3. The van der Waals surface area contributed by atoms with Gasteiger partial charge in [-0.3, -0.25) is 9.69 Å². The van der Waals surface area contributed by atoms with Crippen LogP contribution < -0.4 is 5.32 Å². The van der Waals surface area contributed by atoms with Crippen molar-refractivity contribution in [2.75, 3.05) is 6.54 Å². The minimum Gasteiger partial charge on any atom is -0.447 e. The van der Waals surface area contributed by atoms with E-state index in [4.69, 9.17) is 4.42 Å². The Morgan fingerprint density at radius 2 is 1.73 bits per heavy atom. The molecule has 0 aliphatic carbocycles. The van der Waals surface area contributed by atoms with Gasteiger partial charge in [-0.25, -0.2) is 4.98 Å². The van der Waals surface area contributed by atoms with Crippen molar-refractivity contribution in [2.45, 2.75) is 38.7 Å². The van der Waals surface area contributed by atoms with E-state index in [0.717, 1.165) is 39.7 Å². The van der Waals surface area contributed by atoms with Crippen LogP contribution in [0.2, 0.25) is 0 Å². The topological polar surface area (TPSA) is 74.2 Å². The molecule has 0 saturated carbocycles. The van der Waals surface area contributed by atoms with Gasteiger partial charge in [-0.05, 0) is 48.2 Å². The van der Waals surface area contributed by atoms with Gasteiger partial charge < -0.3 is 14.7 Å². The Balaban J connectivity index is 1.29. The predicted molar refractivity (Wildman–Crippen MR) is 146 cm³/mol. The number of oxazole rings is 1. The van der Waals surface area contributed by atoms with Gasteiger partial charge in [0.25, 0.3) is 5.91 Å². The fourth-order valence-electron chi connectivity index (χ4n) is 4.66. The van der Waals surface area contributed by atoms with Gasteiger partial charge in [-0.15, -0.1) is 0 Å². The van der Waals surface area contributed by atoms with Crippen LogP contribution in [0, 0.1) is 0 Å². The molecule has 40 heavy (non-hydrogen) atoms. The highest BCUT2D eigenvalue weighted by Crippen LogP contribution is 2.29. The highest BCUT2D eigenvalue weighted by molar-refractivity contribution is 5.92. The molecule has 0 spiro atoms. The number of alkyl halides is 3. The number of amides is 1. The highest BCUT2D eigenvalue weighted by Gasteiger charge is 2.30. The molecule has 2 heterocycles. The average molecular weight is 547 g/mol. The maximum absolute atomic E-state index is 13.1. The molecule has 0 bridgehead atoms. The Morgan fingerprint density at radius 3 is 2.48 bits per heavy atom. The lowest BCUT2D eigenvalue weighted by atomic mass is 10.1. The lowest BCUT2D eigenvalue weighted by molar-refractivity contribution is -0.137. The fraction of sp³-hybridized carbons (Fsp3) is 0.226. The van der Waals surface area contributed by atoms with Crippen LogP contribution in [0.5, 0.6) is 0 Å². The summed E-state index contributed by atoms with van der Waals surface area (Å²) in [5.41, 5.74) is 3.36. The number of nitrogens with zero attached hydrogens (tertiary/aromatic N) is 2. The van der Waals surface area contributed by atoms with Gasteiger partial charge >= 0.3 is 6.18 Å². The summed E-state index contributed by atoms with van der Waals surface area (Å²) in [6, 6.07) is 22.6. The molecular weight excluding hydrogens is 517 g/mol. The Bertz CT molecular complexity index is 1560. The van der Waals surface area contributed by atoms with Crippen LogP contribution in [0.4, 0.5) is 13.2 Å². The second kappa shape index (κ2) is 11.8. The molecule has 2 aromatic heterocycles. The number of carbonyl (C=O) groups is 1. The lowest BCUT2D eigenvalue weighted by Gasteiger charge is -2.21. The Morgan fingerprint density at radius 1 is 1.00 bits per heavy atom. The van der Waals surface area contributed by atoms with Crippen molar-refractivity contribution in [3.8, 4) is 0 Å². The molecule has 1 amide bonds. The first-order chi connectivity index (χ1) is 19.3. The molecule has 206 valence electrons. The summed E-state index contributed by atoms with van der Waals surface area (Å²) in [7, 11) is 0. The fourth-order valence-corrected chi connectivity index (χ4v) is 4.66. The maximum Gasteiger partial charge on any atom is 0.416 e. The molecule has 3 aromatic carbocycles. The Kier molecular flexibility index (Phi) is 8.02. The molecule has 0 aliphatic heterocycles. The second-order valence-electron chi connectivity index (χ2n) is 9.75. The molecule has 1 atom stereocenters. The van der Waals surface area contributed by atoms with E-state index in [1.807, 2.05) is 66.6 Å². The molecule has 0 radical (unpaired) electrons. The molecule has 2 N–H and O–H groups in total. The van der Waals surface area contributed by atoms with Gasteiger partial charge in [-0.2, -0.15) is 13.2 Å². The van der Waals surface area contributed by atoms with Crippen LogP contribution in [0.25, 0.3) is 10.9 Å². The zero-order valence-electron chi connectivity index (χ0n) is 21.9. The summed E-state index contributed by atoms with van der Waals surface area (Å²) in [4.78, 5) is 22.5. The molecular formula is C31H29F3N4O2. The summed E-state index contributed by atoms with van der Waals surface area (Å²) in [5.74, 6) is 0.00258. The van der Waals surface area contributed by atoms with Crippen molar-refractivity contribution >= 4 is 16.8 Å². The van der Waals surface area contributed by atoms with Crippen LogP contribution in [0.3, 0.4) is 0 Å². The third-order valence-electron chi connectivity index (χ3n) is 6.85. The standard InChI is InChI=1S/C31H29F3N4O2/c1-21(23-7-3-2-4-8-23)36-30(39)28-20-40-29(37-28)19-38(18-22-11-13-25(14-12-22)31(32,33)34)16-15-24-17-35-27-10-6-5-9-26(24)27/h2-14,17,20-21,35H,15-16,18-19H2,1H3,(H,36,39). The van der Waals surface area contributed by atoms with Crippen molar-refractivity contribution in [3.05, 3.63) is 125 Å². The number of fused-ring (bicyclic) bond motifs is 1. The van der Waals surface area contributed by atoms with Crippen LogP contribution in [0.15, 0.2) is 95.7 Å². The normalized spacial score (nSPS) is 12.6. The Hall–Kier alpha value is -4.37. The molecule has 1 unspecified atom stereocenters. The van der Waals surface area contributed by atoms with Gasteiger partial charge in [0.2, 0.25) is 5.89 Å². The first-order valence-electron chi connectivity index (χ1n) is 13.0. The van der Waals surface area contributed by atoms with Crippen molar-refractivity contribution in [1.82, 2.24) is 20.2 Å². The van der Waals surface area contributed by atoms with Crippen LogP contribution in [0.1, 0.15) is 51.6 Å². The van der Waals surface area contributed by atoms with Gasteiger partial charge in [0.15, 0.2) is 5.69 Å². The highest BCUT2D eigenvalue weighted by atomic mass is 19.4. The minimum atomic E-state index is -4.39. The molecule has 5 rings (SSSR count). The van der Waals surface area contributed by atoms with Gasteiger partial charge in [-0.1, -0.05) is 60.7 Å². The first-order valence-corrected chi connectivity index (χ1v) is 13.0. The van der Waals surface area contributed by atoms with Gasteiger partial charge in [0, 0.05) is 30.2 Å². The van der Waals surface area contributed by atoms with Gasteiger partial charge in [0.05, 0.1) is 18.2 Å². The molecule has 9 heteroatoms. The van der Waals surface area contributed by atoms with Crippen molar-refractivity contribution in [3.63, 3.8) is 0 Å². The number of hydrogen-bond acceptors (Lipinski definition) is 4. The number of aromatic nitrogens is 2.